The Morgan fingerprint density at radius 2 is 1.52 bits per heavy atom. The van der Waals surface area contributed by atoms with Gasteiger partial charge < -0.3 is 5.32 Å². The molecule has 1 heterocycles. The van der Waals surface area contributed by atoms with E-state index < -0.39 is 27.1 Å². The third-order valence-corrected chi connectivity index (χ3v) is 4.99. The molecule has 1 amide bonds. The molecule has 0 atom stereocenters. The van der Waals surface area contributed by atoms with Crippen LogP contribution in [0.4, 0.5) is 11.4 Å². The molecule has 2 aromatic rings. The van der Waals surface area contributed by atoms with E-state index in [9.17, 15) is 25.0 Å². The molecule has 0 spiro atoms. The minimum atomic E-state index is -0.752. The maximum absolute atomic E-state index is 12.5. The van der Waals surface area contributed by atoms with Gasteiger partial charge in [-0.15, -0.1) is 0 Å². The van der Waals surface area contributed by atoms with Crippen LogP contribution >= 0.6 is 0 Å². The second-order valence-electron chi connectivity index (χ2n) is 7.04. The second kappa shape index (κ2) is 9.24. The van der Waals surface area contributed by atoms with Crippen LogP contribution < -0.4 is 5.32 Å². The van der Waals surface area contributed by atoms with E-state index in [1.165, 1.54) is 19.3 Å². The summed E-state index contributed by atoms with van der Waals surface area (Å²) >= 11 is 0. The monoisotopic (exact) mass is 398 g/mol. The number of hydrogen-bond acceptors (Lipinski definition) is 6. The number of piperidine rings is 1. The smallest absolute Gasteiger partial charge is 0.277 e. The number of nitrogens with zero attached hydrogens (tertiary/aromatic N) is 3. The van der Waals surface area contributed by atoms with Crippen LogP contribution in [0.1, 0.15) is 40.7 Å². The van der Waals surface area contributed by atoms with E-state index in [4.69, 9.17) is 0 Å². The van der Waals surface area contributed by atoms with Crippen molar-refractivity contribution < 1.29 is 14.6 Å². The number of rotatable bonds is 7. The first-order valence-electron chi connectivity index (χ1n) is 9.45. The van der Waals surface area contributed by atoms with Crippen molar-refractivity contribution in [3.8, 4) is 0 Å². The summed E-state index contributed by atoms with van der Waals surface area (Å²) < 4.78 is 0. The van der Waals surface area contributed by atoms with Crippen molar-refractivity contribution in [2.45, 2.75) is 32.4 Å². The molecule has 0 radical (unpaired) electrons. The minimum Gasteiger partial charge on any atom is -0.348 e. The number of carbonyl (C=O) groups is 1. The molecule has 0 aromatic heterocycles. The highest BCUT2D eigenvalue weighted by Crippen LogP contribution is 2.23. The van der Waals surface area contributed by atoms with Crippen molar-refractivity contribution in [2.75, 3.05) is 13.1 Å². The lowest BCUT2D eigenvalue weighted by Crippen LogP contribution is -2.30. The number of carbonyl (C=O) groups excluding carboxylic acids is 1. The average Bonchev–Trinajstić information content (AvgIpc) is 2.73. The fourth-order valence-electron chi connectivity index (χ4n) is 3.46. The van der Waals surface area contributed by atoms with Gasteiger partial charge in [0.1, 0.15) is 0 Å². The molecule has 9 heteroatoms. The normalized spacial score (nSPS) is 14.3. The van der Waals surface area contributed by atoms with Crippen molar-refractivity contribution in [2.24, 2.45) is 0 Å². The summed E-state index contributed by atoms with van der Waals surface area (Å²) in [7, 11) is 0. The highest BCUT2D eigenvalue weighted by Gasteiger charge is 2.20. The average molecular weight is 398 g/mol. The Kier molecular flexibility index (Phi) is 6.50. The molecule has 1 fully saturated rings. The molecule has 29 heavy (non-hydrogen) atoms. The Morgan fingerprint density at radius 3 is 2.10 bits per heavy atom. The molecular formula is C20H22N4O5. The summed E-state index contributed by atoms with van der Waals surface area (Å²) in [5.74, 6) is -0.593. The molecule has 3 rings (SSSR count). The third kappa shape index (κ3) is 5.35. The van der Waals surface area contributed by atoms with Gasteiger partial charge in [0.25, 0.3) is 17.3 Å². The van der Waals surface area contributed by atoms with Gasteiger partial charge >= 0.3 is 0 Å². The SMILES string of the molecule is O=C(NCc1ccccc1CN1CCCCC1)c1cc([N+](=O)[O-])cc([N+](=O)[O-])c1. The van der Waals surface area contributed by atoms with Crippen LogP contribution in [0.25, 0.3) is 0 Å². The highest BCUT2D eigenvalue weighted by molar-refractivity contribution is 5.95. The Labute approximate surface area is 167 Å². The molecule has 0 aliphatic carbocycles. The van der Waals surface area contributed by atoms with Gasteiger partial charge in [0.05, 0.1) is 21.5 Å². The predicted molar refractivity (Wildman–Crippen MR) is 106 cm³/mol. The van der Waals surface area contributed by atoms with Gasteiger partial charge in [-0.25, -0.2) is 0 Å². The van der Waals surface area contributed by atoms with Crippen molar-refractivity contribution in [3.05, 3.63) is 79.4 Å². The van der Waals surface area contributed by atoms with Crippen LogP contribution in [0.5, 0.6) is 0 Å². The number of likely N-dealkylation sites (tertiary alicyclic amines) is 1. The van der Waals surface area contributed by atoms with E-state index in [-0.39, 0.29) is 12.1 Å². The van der Waals surface area contributed by atoms with Crippen LogP contribution in [0.15, 0.2) is 42.5 Å². The zero-order valence-corrected chi connectivity index (χ0v) is 15.9. The maximum Gasteiger partial charge on any atom is 0.277 e. The van der Waals surface area contributed by atoms with E-state index in [0.29, 0.717) is 0 Å². The third-order valence-electron chi connectivity index (χ3n) is 4.99. The van der Waals surface area contributed by atoms with Crippen LogP contribution in [-0.2, 0) is 13.1 Å². The summed E-state index contributed by atoms with van der Waals surface area (Å²) in [6.45, 7) is 3.14. The topological polar surface area (TPSA) is 119 Å². The minimum absolute atomic E-state index is 0.112. The largest absolute Gasteiger partial charge is 0.348 e. The first kappa shape index (κ1) is 20.4. The predicted octanol–water partition coefficient (Wildman–Crippen LogP) is 3.42. The van der Waals surface area contributed by atoms with Crippen LogP contribution in [0.3, 0.4) is 0 Å². The lowest BCUT2D eigenvalue weighted by atomic mass is 10.0. The molecule has 1 aliphatic rings. The molecule has 0 bridgehead atoms. The number of nitro groups is 2. The summed E-state index contributed by atoms with van der Waals surface area (Å²) in [5.41, 5.74) is 0.968. The fraction of sp³-hybridized carbons (Fsp3) is 0.350. The molecule has 1 aliphatic heterocycles. The van der Waals surface area contributed by atoms with Gasteiger partial charge in [-0.1, -0.05) is 30.7 Å². The van der Waals surface area contributed by atoms with Crippen molar-refractivity contribution >= 4 is 17.3 Å². The zero-order valence-electron chi connectivity index (χ0n) is 15.9. The number of nitro benzene ring substituents is 2. The molecule has 9 nitrogen and oxygen atoms in total. The summed E-state index contributed by atoms with van der Waals surface area (Å²) in [5, 5.41) is 24.7. The number of amides is 1. The molecule has 152 valence electrons. The van der Waals surface area contributed by atoms with Gasteiger partial charge in [0.2, 0.25) is 0 Å². The lowest BCUT2D eigenvalue weighted by Gasteiger charge is -2.27. The van der Waals surface area contributed by atoms with Gasteiger partial charge in [-0.3, -0.25) is 29.9 Å². The van der Waals surface area contributed by atoms with Crippen molar-refractivity contribution in [3.63, 3.8) is 0 Å². The van der Waals surface area contributed by atoms with Crippen molar-refractivity contribution in [1.82, 2.24) is 10.2 Å². The Hall–Kier alpha value is -3.33. The summed E-state index contributed by atoms with van der Waals surface area (Å²) in [4.78, 5) is 35.4. The Bertz CT molecular complexity index is 893. The second-order valence-corrected chi connectivity index (χ2v) is 7.04. The molecule has 0 unspecified atom stereocenters. The summed E-state index contributed by atoms with van der Waals surface area (Å²) in [6.07, 6.45) is 3.62. The van der Waals surface area contributed by atoms with Gasteiger partial charge in [0, 0.05) is 25.2 Å². The number of nitrogens with one attached hydrogen (secondary N) is 1. The van der Waals surface area contributed by atoms with Crippen LogP contribution in [0, 0.1) is 20.2 Å². The van der Waals surface area contributed by atoms with E-state index in [2.05, 4.69) is 10.2 Å². The fourth-order valence-corrected chi connectivity index (χ4v) is 3.46. The Morgan fingerprint density at radius 1 is 0.931 bits per heavy atom. The van der Waals surface area contributed by atoms with Gasteiger partial charge in [-0.05, 0) is 37.1 Å². The molecule has 0 saturated carbocycles. The van der Waals surface area contributed by atoms with Gasteiger partial charge in [0.15, 0.2) is 0 Å². The molecular weight excluding hydrogens is 376 g/mol. The molecule has 1 saturated heterocycles. The van der Waals surface area contributed by atoms with Crippen molar-refractivity contribution in [1.29, 1.82) is 0 Å². The van der Waals surface area contributed by atoms with Gasteiger partial charge in [-0.2, -0.15) is 0 Å². The van der Waals surface area contributed by atoms with E-state index >= 15 is 0 Å². The first-order chi connectivity index (χ1) is 13.9. The first-order valence-corrected chi connectivity index (χ1v) is 9.45. The lowest BCUT2D eigenvalue weighted by molar-refractivity contribution is -0.394. The molecule has 2 aromatic carbocycles. The Balaban J connectivity index is 1.72. The quantitative estimate of drug-likeness (QED) is 0.564. The van der Waals surface area contributed by atoms with E-state index in [0.717, 1.165) is 49.0 Å². The van der Waals surface area contributed by atoms with E-state index in [1.807, 2.05) is 24.3 Å². The number of non-ortho nitro benzene ring substituents is 2. The number of benzene rings is 2. The van der Waals surface area contributed by atoms with E-state index in [1.54, 1.807) is 0 Å². The number of hydrogen-bond donors (Lipinski definition) is 1. The zero-order chi connectivity index (χ0) is 20.8. The molecule has 1 N–H and O–H groups in total. The maximum atomic E-state index is 12.5. The summed E-state index contributed by atoms with van der Waals surface area (Å²) in [6, 6.07) is 10.7. The van der Waals surface area contributed by atoms with Crippen LogP contribution in [-0.4, -0.2) is 33.7 Å². The highest BCUT2D eigenvalue weighted by atomic mass is 16.6. The van der Waals surface area contributed by atoms with Crippen LogP contribution in [0.2, 0.25) is 0 Å². The standard InChI is InChI=1S/C20H22N4O5/c25-20(17-10-18(23(26)27)12-19(11-17)24(28)29)21-13-15-6-2-3-7-16(15)14-22-8-4-1-5-9-22/h2-3,6-7,10-12H,1,4-5,8-9,13-14H2,(H,21,25).